The Kier molecular flexibility index (Phi) is 7.66. The monoisotopic (exact) mass is 409 g/mol. The van der Waals surface area contributed by atoms with Gasteiger partial charge in [0.1, 0.15) is 5.75 Å². The van der Waals surface area contributed by atoms with Gasteiger partial charge in [-0.25, -0.2) is 15.0 Å². The van der Waals surface area contributed by atoms with Crippen LogP contribution in [-0.2, 0) is 9.19 Å². The smallest absolute Gasteiger partial charge is 0.427 e. The first-order chi connectivity index (χ1) is 13.5. The number of ether oxygens (including phenoxy) is 2. The predicted molar refractivity (Wildman–Crippen MR) is 105 cm³/mol. The molecule has 0 aliphatic rings. The number of nitrogens with zero attached hydrogens (tertiary/aromatic N) is 2. The molecule has 152 valence electrons. The van der Waals surface area contributed by atoms with E-state index in [9.17, 15) is 9.67 Å². The molecule has 2 aromatic rings. The van der Waals surface area contributed by atoms with Crippen molar-refractivity contribution >= 4 is 13.4 Å². The van der Waals surface area contributed by atoms with E-state index in [-0.39, 0.29) is 28.8 Å². The summed E-state index contributed by atoms with van der Waals surface area (Å²) in [6.45, 7) is 3.77. The van der Waals surface area contributed by atoms with Crippen molar-refractivity contribution in [1.82, 2.24) is 9.97 Å². The topological polar surface area (TPSA) is 112 Å². The zero-order chi connectivity index (χ0) is 20.6. The van der Waals surface area contributed by atoms with Crippen molar-refractivity contribution in [1.29, 1.82) is 0 Å². The average Bonchev–Trinajstić information content (AvgIpc) is 2.72. The number of hydrogen-bond donors (Lipinski definition) is 2. The van der Waals surface area contributed by atoms with Crippen LogP contribution in [0.4, 0.5) is 5.82 Å². The number of anilines is 1. The Labute approximate surface area is 163 Å². The van der Waals surface area contributed by atoms with Crippen LogP contribution in [0.5, 0.6) is 23.0 Å². The third-order valence-electron chi connectivity index (χ3n) is 3.67. The molecule has 0 saturated heterocycles. The van der Waals surface area contributed by atoms with Crippen molar-refractivity contribution in [3.05, 3.63) is 42.1 Å². The molecule has 1 atom stereocenters. The van der Waals surface area contributed by atoms with Gasteiger partial charge in [0.05, 0.1) is 25.7 Å². The lowest BCUT2D eigenvalue weighted by Gasteiger charge is -2.22. The maximum absolute atomic E-state index is 13.6. The molecule has 1 aromatic carbocycles. The fourth-order valence-corrected chi connectivity index (χ4v) is 4.00. The molecular weight excluding hydrogens is 385 g/mol. The van der Waals surface area contributed by atoms with Gasteiger partial charge in [0.15, 0.2) is 17.3 Å². The van der Waals surface area contributed by atoms with Gasteiger partial charge in [0, 0.05) is 24.5 Å². The van der Waals surface area contributed by atoms with Crippen molar-refractivity contribution in [2.24, 2.45) is 0 Å². The van der Waals surface area contributed by atoms with E-state index in [4.69, 9.17) is 18.6 Å². The number of allylic oxidation sites excluding steroid dienone is 2. The number of aromatic hydroxyl groups is 1. The lowest BCUT2D eigenvalue weighted by Crippen LogP contribution is -2.08. The van der Waals surface area contributed by atoms with Gasteiger partial charge in [-0.3, -0.25) is 4.98 Å². The highest BCUT2D eigenvalue weighted by atomic mass is 31.2. The van der Waals surface area contributed by atoms with E-state index in [0.717, 1.165) is 0 Å². The molecule has 28 heavy (non-hydrogen) atoms. The van der Waals surface area contributed by atoms with E-state index in [1.54, 1.807) is 6.08 Å². The summed E-state index contributed by atoms with van der Waals surface area (Å²) < 4.78 is 35.1. The van der Waals surface area contributed by atoms with Crippen LogP contribution in [0.25, 0.3) is 0 Å². The minimum absolute atomic E-state index is 0.111. The highest BCUT2D eigenvalue weighted by Crippen LogP contribution is 2.58. The summed E-state index contributed by atoms with van der Waals surface area (Å²) in [5.74, 6) is 0.455. The van der Waals surface area contributed by atoms with E-state index >= 15 is 0 Å². The van der Waals surface area contributed by atoms with E-state index in [0.29, 0.717) is 18.2 Å². The first kappa shape index (κ1) is 21.5. The number of hydrogen-bond acceptors (Lipinski definition) is 9. The zero-order valence-electron chi connectivity index (χ0n) is 16.2. The second-order valence-corrected chi connectivity index (χ2v) is 7.44. The first-order valence-corrected chi connectivity index (χ1v) is 10.2. The van der Waals surface area contributed by atoms with Gasteiger partial charge in [-0.1, -0.05) is 19.9 Å². The molecule has 0 radical (unpaired) electrons. The Morgan fingerprint density at radius 2 is 1.89 bits per heavy atom. The molecule has 9 nitrogen and oxygen atoms in total. The molecule has 0 amide bonds. The van der Waals surface area contributed by atoms with Gasteiger partial charge in [-0.15, -0.1) is 0 Å². The summed E-state index contributed by atoms with van der Waals surface area (Å²) in [6, 6.07) is 2.80. The van der Waals surface area contributed by atoms with Gasteiger partial charge in [-0.2, -0.15) is 4.62 Å². The predicted octanol–water partition coefficient (Wildman–Crippen LogP) is 4.52. The molecule has 2 N–H and O–H groups in total. The van der Waals surface area contributed by atoms with E-state index in [1.165, 1.54) is 44.9 Å². The third-order valence-corrected chi connectivity index (χ3v) is 5.65. The normalized spacial score (nSPS) is 13.5. The number of phenols is 1. The maximum Gasteiger partial charge on any atom is 0.427 e. The van der Waals surface area contributed by atoms with Crippen LogP contribution in [0.3, 0.4) is 0 Å². The van der Waals surface area contributed by atoms with Gasteiger partial charge in [-0.05, 0) is 12.8 Å². The standard InChI is InChI=1S/C18H24N3O6P/c1-5-7-14(6-2)28(23,27-21-17-12-19-8-9-20-17)26-13-10-15(24-3)18(22)16(11-13)25-4/h7-12,22H,5-6H2,1-4H3,(H,20,21)/b14-7-. The quantitative estimate of drug-likeness (QED) is 0.432. The van der Waals surface area contributed by atoms with Crippen molar-refractivity contribution < 1.29 is 28.3 Å². The number of benzene rings is 1. The molecule has 0 fully saturated rings. The number of rotatable bonds is 10. The van der Waals surface area contributed by atoms with Crippen molar-refractivity contribution in [2.75, 3.05) is 19.7 Å². The summed E-state index contributed by atoms with van der Waals surface area (Å²) in [6.07, 6.45) is 7.27. The Bertz CT molecular complexity index is 835. The average molecular weight is 409 g/mol. The SMILES string of the molecule is CC/C=C(/CC)P(=O)(ONc1cnccn1)Oc1cc(OC)c(O)c(OC)c1. The second kappa shape index (κ2) is 9.96. The molecule has 0 aliphatic heterocycles. The van der Waals surface area contributed by atoms with Crippen LogP contribution in [0.2, 0.25) is 0 Å². The molecule has 0 spiro atoms. The summed E-state index contributed by atoms with van der Waals surface area (Å²) in [5, 5.41) is 10.5. The van der Waals surface area contributed by atoms with E-state index in [2.05, 4.69) is 15.4 Å². The van der Waals surface area contributed by atoms with E-state index in [1.807, 2.05) is 13.8 Å². The highest BCUT2D eigenvalue weighted by molar-refractivity contribution is 7.58. The number of nitrogens with one attached hydrogen (secondary N) is 1. The molecule has 0 saturated carbocycles. The van der Waals surface area contributed by atoms with Crippen LogP contribution in [0.15, 0.2) is 42.1 Å². The van der Waals surface area contributed by atoms with Crippen molar-refractivity contribution in [3.63, 3.8) is 0 Å². The summed E-state index contributed by atoms with van der Waals surface area (Å²) >= 11 is 0. The fourth-order valence-electron chi connectivity index (χ4n) is 2.34. The minimum atomic E-state index is -3.82. The molecule has 1 unspecified atom stereocenters. The van der Waals surface area contributed by atoms with E-state index < -0.39 is 7.60 Å². The molecule has 2 rings (SSSR count). The fraction of sp³-hybridized carbons (Fsp3) is 0.333. The molecular formula is C18H24N3O6P. The minimum Gasteiger partial charge on any atom is -0.502 e. The highest BCUT2D eigenvalue weighted by Gasteiger charge is 2.33. The lowest BCUT2D eigenvalue weighted by molar-refractivity contribution is 0.315. The van der Waals surface area contributed by atoms with Crippen LogP contribution in [0, 0.1) is 0 Å². The Balaban J connectivity index is 2.39. The van der Waals surface area contributed by atoms with Crippen LogP contribution >= 0.6 is 7.60 Å². The number of methoxy groups -OCH3 is 2. The van der Waals surface area contributed by atoms with Crippen LogP contribution in [0.1, 0.15) is 26.7 Å². The zero-order valence-corrected chi connectivity index (χ0v) is 17.1. The number of phenolic OH excluding ortho intramolecular Hbond substituents is 1. The van der Waals surface area contributed by atoms with Gasteiger partial charge in [0.2, 0.25) is 5.75 Å². The Hall–Kier alpha value is -2.77. The molecule has 0 aliphatic carbocycles. The van der Waals surface area contributed by atoms with Crippen molar-refractivity contribution in [3.8, 4) is 23.0 Å². The van der Waals surface area contributed by atoms with Gasteiger partial charge in [0.25, 0.3) is 0 Å². The molecule has 1 aromatic heterocycles. The summed E-state index contributed by atoms with van der Waals surface area (Å²) in [5.41, 5.74) is 2.53. The summed E-state index contributed by atoms with van der Waals surface area (Å²) in [7, 11) is -1.04. The second-order valence-electron chi connectivity index (χ2n) is 5.51. The molecule has 10 heteroatoms. The summed E-state index contributed by atoms with van der Waals surface area (Å²) in [4.78, 5) is 7.93. The van der Waals surface area contributed by atoms with Crippen LogP contribution < -0.4 is 19.5 Å². The third kappa shape index (κ3) is 5.15. The van der Waals surface area contributed by atoms with Crippen LogP contribution in [-0.4, -0.2) is 29.3 Å². The molecule has 1 heterocycles. The maximum atomic E-state index is 13.6. The number of aromatic nitrogens is 2. The Morgan fingerprint density at radius 1 is 1.21 bits per heavy atom. The lowest BCUT2D eigenvalue weighted by atomic mass is 10.3. The molecule has 0 bridgehead atoms. The largest absolute Gasteiger partial charge is 0.502 e. The Morgan fingerprint density at radius 3 is 2.39 bits per heavy atom. The first-order valence-electron chi connectivity index (χ1n) is 8.62. The van der Waals surface area contributed by atoms with Crippen molar-refractivity contribution in [2.45, 2.75) is 26.7 Å². The van der Waals surface area contributed by atoms with Gasteiger partial charge < -0.3 is 19.1 Å². The van der Waals surface area contributed by atoms with Gasteiger partial charge >= 0.3 is 7.60 Å².